The van der Waals surface area contributed by atoms with Gasteiger partial charge in [0.05, 0.1) is 12.2 Å². The average Bonchev–Trinajstić information content (AvgIpc) is 3.05. The summed E-state index contributed by atoms with van der Waals surface area (Å²) < 4.78 is 53.7. The van der Waals surface area contributed by atoms with Crippen molar-refractivity contribution in [3.63, 3.8) is 0 Å². The minimum absolute atomic E-state index is 0.0651. The van der Waals surface area contributed by atoms with Crippen LogP contribution in [-0.2, 0) is 27.1 Å². The standard InChI is InChI=1S/C20H16F3NO5/c1-27-10-15-14-7-2-3-8-16(14)29-18(15)19(26)28-11-17(25)24-13-6-4-5-12(9-13)20(21,22)23/h2-9H,10-11H2,1H3,(H,24,25). The number of rotatable bonds is 6. The van der Waals surface area contributed by atoms with Crippen molar-refractivity contribution in [3.8, 4) is 0 Å². The van der Waals surface area contributed by atoms with E-state index in [9.17, 15) is 22.8 Å². The van der Waals surface area contributed by atoms with E-state index in [4.69, 9.17) is 13.9 Å². The minimum atomic E-state index is -4.54. The number of amides is 1. The number of hydrogen-bond donors (Lipinski definition) is 1. The zero-order valence-electron chi connectivity index (χ0n) is 15.2. The van der Waals surface area contributed by atoms with E-state index in [2.05, 4.69) is 5.32 Å². The number of esters is 1. The Morgan fingerprint density at radius 2 is 1.86 bits per heavy atom. The fourth-order valence-corrected chi connectivity index (χ4v) is 2.72. The molecule has 6 nitrogen and oxygen atoms in total. The molecule has 0 saturated heterocycles. The van der Waals surface area contributed by atoms with E-state index in [1.54, 1.807) is 24.3 Å². The number of hydrogen-bond acceptors (Lipinski definition) is 5. The fourth-order valence-electron chi connectivity index (χ4n) is 2.72. The maximum atomic E-state index is 12.7. The average molecular weight is 407 g/mol. The van der Waals surface area contributed by atoms with Crippen molar-refractivity contribution in [2.75, 3.05) is 19.0 Å². The highest BCUT2D eigenvalue weighted by atomic mass is 19.4. The molecule has 9 heteroatoms. The summed E-state index contributed by atoms with van der Waals surface area (Å²) in [6, 6.07) is 11.1. The van der Waals surface area contributed by atoms with Crippen LogP contribution in [0.15, 0.2) is 52.9 Å². The second-order valence-electron chi connectivity index (χ2n) is 6.04. The number of halogens is 3. The molecule has 1 amide bonds. The zero-order chi connectivity index (χ0) is 21.0. The summed E-state index contributed by atoms with van der Waals surface area (Å²) in [5.41, 5.74) is -0.0326. The maximum Gasteiger partial charge on any atom is 0.416 e. The molecule has 0 unspecified atom stereocenters. The number of methoxy groups -OCH3 is 1. The number of benzene rings is 2. The quantitative estimate of drug-likeness (QED) is 0.613. The highest BCUT2D eigenvalue weighted by molar-refractivity contribution is 5.98. The fraction of sp³-hybridized carbons (Fsp3) is 0.200. The Morgan fingerprint density at radius 3 is 2.59 bits per heavy atom. The number of furan rings is 1. The van der Waals surface area contributed by atoms with Crippen molar-refractivity contribution in [2.24, 2.45) is 0 Å². The van der Waals surface area contributed by atoms with E-state index in [1.807, 2.05) is 0 Å². The van der Waals surface area contributed by atoms with E-state index in [-0.39, 0.29) is 18.1 Å². The van der Waals surface area contributed by atoms with Crippen LogP contribution in [0.3, 0.4) is 0 Å². The largest absolute Gasteiger partial charge is 0.450 e. The van der Waals surface area contributed by atoms with Crippen LogP contribution in [0, 0.1) is 0 Å². The molecule has 0 spiro atoms. The van der Waals surface area contributed by atoms with E-state index in [0.29, 0.717) is 16.5 Å². The molecule has 0 aliphatic heterocycles. The zero-order valence-corrected chi connectivity index (χ0v) is 15.2. The molecule has 0 atom stereocenters. The molecule has 3 rings (SSSR count). The summed E-state index contributed by atoms with van der Waals surface area (Å²) in [5, 5.41) is 2.93. The highest BCUT2D eigenvalue weighted by Gasteiger charge is 2.30. The number of carbonyl (C=O) groups is 2. The summed E-state index contributed by atoms with van der Waals surface area (Å²) in [4.78, 5) is 24.3. The van der Waals surface area contributed by atoms with Crippen LogP contribution >= 0.6 is 0 Å². The molecule has 152 valence electrons. The molecular formula is C20H16F3NO5. The number of alkyl halides is 3. The van der Waals surface area contributed by atoms with Crippen LogP contribution in [-0.4, -0.2) is 25.6 Å². The molecule has 0 aliphatic rings. The van der Waals surface area contributed by atoms with Crippen LogP contribution in [0.4, 0.5) is 18.9 Å². The molecule has 0 radical (unpaired) electrons. The molecule has 1 heterocycles. The van der Waals surface area contributed by atoms with Crippen molar-refractivity contribution >= 4 is 28.5 Å². The van der Waals surface area contributed by atoms with Gasteiger partial charge >= 0.3 is 12.1 Å². The molecule has 1 N–H and O–H groups in total. The summed E-state index contributed by atoms with van der Waals surface area (Å²) in [6.45, 7) is -0.601. The summed E-state index contributed by atoms with van der Waals surface area (Å²) >= 11 is 0. The van der Waals surface area contributed by atoms with Gasteiger partial charge in [0.1, 0.15) is 5.58 Å². The molecule has 0 saturated carbocycles. The molecule has 1 aromatic heterocycles. The Kier molecular flexibility index (Phi) is 5.88. The SMILES string of the molecule is COCc1c(C(=O)OCC(=O)Nc2cccc(C(F)(F)F)c2)oc2ccccc12. The van der Waals surface area contributed by atoms with Gasteiger partial charge in [-0.05, 0) is 24.3 Å². The Bertz CT molecular complexity index is 1040. The number of anilines is 1. The van der Waals surface area contributed by atoms with E-state index < -0.39 is 30.2 Å². The second kappa shape index (κ2) is 8.36. The van der Waals surface area contributed by atoms with Gasteiger partial charge in [-0.1, -0.05) is 24.3 Å². The van der Waals surface area contributed by atoms with Crippen molar-refractivity contribution < 1.29 is 36.7 Å². The summed E-state index contributed by atoms with van der Waals surface area (Å²) in [5.74, 6) is -1.77. The number of ether oxygens (including phenoxy) is 2. The van der Waals surface area contributed by atoms with E-state index >= 15 is 0 Å². The molecule has 3 aromatic rings. The van der Waals surface area contributed by atoms with Gasteiger partial charge in [-0.3, -0.25) is 4.79 Å². The topological polar surface area (TPSA) is 77.8 Å². The van der Waals surface area contributed by atoms with E-state index in [1.165, 1.54) is 13.2 Å². The lowest BCUT2D eigenvalue weighted by Gasteiger charge is -2.10. The van der Waals surface area contributed by atoms with Gasteiger partial charge in [0.15, 0.2) is 6.61 Å². The first-order valence-electron chi connectivity index (χ1n) is 8.43. The number of carbonyl (C=O) groups excluding carboxylic acids is 2. The van der Waals surface area contributed by atoms with Crippen LogP contribution in [0.5, 0.6) is 0 Å². The first-order valence-corrected chi connectivity index (χ1v) is 8.43. The van der Waals surface area contributed by atoms with Gasteiger partial charge in [-0.15, -0.1) is 0 Å². The molecule has 29 heavy (non-hydrogen) atoms. The van der Waals surface area contributed by atoms with Gasteiger partial charge in [0.2, 0.25) is 5.76 Å². The lowest BCUT2D eigenvalue weighted by atomic mass is 10.1. The van der Waals surface area contributed by atoms with Gasteiger partial charge in [0, 0.05) is 23.7 Å². The van der Waals surface area contributed by atoms with Crippen LogP contribution in [0.2, 0.25) is 0 Å². The van der Waals surface area contributed by atoms with Crippen molar-refractivity contribution in [3.05, 3.63) is 65.4 Å². The Labute approximate surface area is 163 Å². The third-order valence-electron chi connectivity index (χ3n) is 3.98. The summed E-state index contributed by atoms with van der Waals surface area (Å²) in [7, 11) is 1.46. The van der Waals surface area contributed by atoms with Crippen molar-refractivity contribution in [1.82, 2.24) is 0 Å². The second-order valence-corrected chi connectivity index (χ2v) is 6.04. The molecule has 0 bridgehead atoms. The Hall–Kier alpha value is -3.33. The maximum absolute atomic E-state index is 12.7. The van der Waals surface area contributed by atoms with Crippen LogP contribution in [0.25, 0.3) is 11.0 Å². The predicted molar refractivity (Wildman–Crippen MR) is 97.3 cm³/mol. The normalized spacial score (nSPS) is 11.4. The molecular weight excluding hydrogens is 391 g/mol. The molecule has 2 aromatic carbocycles. The predicted octanol–water partition coefficient (Wildman–Crippen LogP) is 4.39. The minimum Gasteiger partial charge on any atom is -0.450 e. The number of nitrogens with one attached hydrogen (secondary N) is 1. The molecule has 0 aliphatic carbocycles. The van der Waals surface area contributed by atoms with Gasteiger partial charge in [0.25, 0.3) is 5.91 Å². The van der Waals surface area contributed by atoms with Crippen molar-refractivity contribution in [2.45, 2.75) is 12.8 Å². The Morgan fingerprint density at radius 1 is 1.10 bits per heavy atom. The lowest BCUT2D eigenvalue weighted by Crippen LogP contribution is -2.21. The lowest BCUT2D eigenvalue weighted by molar-refractivity contribution is -0.137. The smallest absolute Gasteiger partial charge is 0.416 e. The molecule has 0 fully saturated rings. The third-order valence-corrected chi connectivity index (χ3v) is 3.98. The highest BCUT2D eigenvalue weighted by Crippen LogP contribution is 2.30. The third kappa shape index (κ3) is 4.75. The number of fused-ring (bicyclic) bond motifs is 1. The van der Waals surface area contributed by atoms with Gasteiger partial charge in [-0.25, -0.2) is 4.79 Å². The van der Waals surface area contributed by atoms with Crippen LogP contribution in [0.1, 0.15) is 21.7 Å². The first kappa shape index (κ1) is 20.4. The van der Waals surface area contributed by atoms with Crippen LogP contribution < -0.4 is 5.32 Å². The van der Waals surface area contributed by atoms with Gasteiger partial charge in [-0.2, -0.15) is 13.2 Å². The van der Waals surface area contributed by atoms with E-state index in [0.717, 1.165) is 18.2 Å². The Balaban J connectivity index is 1.67. The summed E-state index contributed by atoms with van der Waals surface area (Å²) in [6.07, 6.45) is -4.54. The first-order chi connectivity index (χ1) is 13.8. The van der Waals surface area contributed by atoms with Gasteiger partial charge < -0.3 is 19.2 Å². The monoisotopic (exact) mass is 407 g/mol. The van der Waals surface area contributed by atoms with Crippen molar-refractivity contribution in [1.29, 1.82) is 0 Å². The number of para-hydroxylation sites is 1.